The average molecular weight is 496 g/mol. The van der Waals surface area contributed by atoms with E-state index in [9.17, 15) is 0 Å². The summed E-state index contributed by atoms with van der Waals surface area (Å²) in [7, 11) is 0. The zero-order valence-corrected chi connectivity index (χ0v) is 20.2. The zero-order valence-electron chi connectivity index (χ0n) is 20.2. The van der Waals surface area contributed by atoms with E-state index in [0.29, 0.717) is 29.8 Å². The topological polar surface area (TPSA) is 131 Å². The van der Waals surface area contributed by atoms with Gasteiger partial charge in [0, 0.05) is 30.2 Å². The van der Waals surface area contributed by atoms with Crippen LogP contribution >= 0.6 is 0 Å². The number of nitrogen functional groups attached to an aromatic ring is 1. The van der Waals surface area contributed by atoms with Gasteiger partial charge in [0.25, 0.3) is 0 Å². The van der Waals surface area contributed by atoms with Gasteiger partial charge in [-0.15, -0.1) is 0 Å². The van der Waals surface area contributed by atoms with E-state index < -0.39 is 0 Å². The van der Waals surface area contributed by atoms with Crippen LogP contribution in [0.1, 0.15) is 11.3 Å². The molecule has 0 atom stereocenters. The fourth-order valence-corrected chi connectivity index (χ4v) is 4.21. The molecule has 6 aromatic rings. The third-order valence-corrected chi connectivity index (χ3v) is 6.07. The Balaban J connectivity index is 1.41. The predicted molar refractivity (Wildman–Crippen MR) is 146 cm³/mol. The van der Waals surface area contributed by atoms with E-state index in [-0.39, 0.29) is 0 Å². The third-order valence-electron chi connectivity index (χ3n) is 6.07. The maximum Gasteiger partial charge on any atom is 0.224 e. The molecule has 9 heteroatoms. The van der Waals surface area contributed by atoms with E-state index in [1.165, 1.54) is 0 Å². The Hall–Kier alpha value is -5.62. The lowest BCUT2D eigenvalue weighted by atomic mass is 10.1. The number of nitrogens with zero attached hydrogens (tertiary/aromatic N) is 7. The Kier molecular flexibility index (Phi) is 5.88. The van der Waals surface area contributed by atoms with Gasteiger partial charge in [0.1, 0.15) is 23.1 Å². The largest absolute Gasteiger partial charge is 0.383 e. The molecule has 0 amide bonds. The molecule has 0 unspecified atom stereocenters. The molecule has 0 spiro atoms. The first-order chi connectivity index (χ1) is 18.7. The van der Waals surface area contributed by atoms with Gasteiger partial charge in [-0.1, -0.05) is 42.5 Å². The Morgan fingerprint density at radius 3 is 2.45 bits per heavy atom. The van der Waals surface area contributed by atoms with Gasteiger partial charge in [-0.2, -0.15) is 5.26 Å². The summed E-state index contributed by atoms with van der Waals surface area (Å²) in [5.41, 5.74) is 12.5. The number of pyridine rings is 2. The van der Waals surface area contributed by atoms with Gasteiger partial charge in [0.2, 0.25) is 5.95 Å². The Bertz CT molecular complexity index is 1790. The van der Waals surface area contributed by atoms with Crippen LogP contribution < -0.4 is 11.1 Å². The maximum atomic E-state index is 9.05. The highest BCUT2D eigenvalue weighted by Crippen LogP contribution is 2.31. The normalized spacial score (nSPS) is 10.8. The van der Waals surface area contributed by atoms with E-state index >= 15 is 0 Å². The van der Waals surface area contributed by atoms with E-state index in [2.05, 4.69) is 20.3 Å². The summed E-state index contributed by atoms with van der Waals surface area (Å²) in [5, 5.41) is 12.2. The van der Waals surface area contributed by atoms with Crippen LogP contribution in [0.2, 0.25) is 0 Å². The van der Waals surface area contributed by atoms with Gasteiger partial charge in [-0.05, 0) is 48.0 Å². The van der Waals surface area contributed by atoms with E-state index in [0.717, 1.165) is 39.2 Å². The van der Waals surface area contributed by atoms with Crippen molar-refractivity contribution < 1.29 is 0 Å². The highest BCUT2D eigenvalue weighted by Gasteiger charge is 2.18. The molecule has 0 saturated carbocycles. The van der Waals surface area contributed by atoms with Crippen LogP contribution in [-0.4, -0.2) is 29.5 Å². The molecule has 0 radical (unpaired) electrons. The maximum absolute atomic E-state index is 9.05. The van der Waals surface area contributed by atoms with Crippen LogP contribution in [0.15, 0.2) is 97.3 Å². The van der Waals surface area contributed by atoms with Crippen molar-refractivity contribution in [2.45, 2.75) is 6.54 Å². The molecule has 4 heterocycles. The molecule has 0 aliphatic carbocycles. The third kappa shape index (κ3) is 4.38. The number of nitrogens with two attached hydrogens (primary N) is 1. The Morgan fingerprint density at radius 2 is 1.66 bits per heavy atom. The van der Waals surface area contributed by atoms with Crippen molar-refractivity contribution in [2.75, 3.05) is 11.1 Å². The predicted octanol–water partition coefficient (Wildman–Crippen LogP) is 5.01. The van der Waals surface area contributed by atoms with E-state index in [4.69, 9.17) is 21.0 Å². The monoisotopic (exact) mass is 495 g/mol. The molecular weight excluding hydrogens is 474 g/mol. The van der Waals surface area contributed by atoms with Crippen molar-refractivity contribution in [2.24, 2.45) is 0 Å². The molecule has 4 aromatic heterocycles. The number of benzene rings is 2. The molecule has 3 N–H and O–H groups in total. The summed E-state index contributed by atoms with van der Waals surface area (Å²) in [4.78, 5) is 22.5. The van der Waals surface area contributed by atoms with Crippen LogP contribution in [0.25, 0.3) is 39.5 Å². The molecule has 0 aliphatic heterocycles. The number of hydrogen-bond donors (Lipinski definition) is 2. The first-order valence-corrected chi connectivity index (χ1v) is 11.9. The summed E-state index contributed by atoms with van der Waals surface area (Å²) in [6.45, 7) is 0.499. The summed E-state index contributed by atoms with van der Waals surface area (Å²) in [6.07, 6.45) is 3.22. The quantitative estimate of drug-likeness (QED) is 0.330. The summed E-state index contributed by atoms with van der Waals surface area (Å²) in [5.74, 6) is 1.46. The molecule has 0 aliphatic rings. The van der Waals surface area contributed by atoms with E-state index in [1.807, 2.05) is 89.5 Å². The fraction of sp³-hybridized carbons (Fsp3) is 0.0345. The van der Waals surface area contributed by atoms with Gasteiger partial charge >= 0.3 is 0 Å². The van der Waals surface area contributed by atoms with Gasteiger partial charge in [0.15, 0.2) is 11.5 Å². The van der Waals surface area contributed by atoms with Crippen LogP contribution in [0, 0.1) is 11.3 Å². The van der Waals surface area contributed by atoms with Gasteiger partial charge in [0.05, 0.1) is 11.3 Å². The van der Waals surface area contributed by atoms with Crippen molar-refractivity contribution in [3.63, 3.8) is 0 Å². The lowest BCUT2D eigenvalue weighted by Crippen LogP contribution is -2.05. The molecule has 6 rings (SSSR count). The van der Waals surface area contributed by atoms with Gasteiger partial charge in [-0.25, -0.2) is 24.9 Å². The van der Waals surface area contributed by atoms with Crippen molar-refractivity contribution >= 4 is 22.9 Å². The number of aromatic nitrogens is 6. The average Bonchev–Trinajstić information content (AvgIpc) is 3.35. The molecule has 0 bridgehead atoms. The molecule has 38 heavy (non-hydrogen) atoms. The SMILES string of the molecule is N#Cc1ccnc(NCc2ccc(-n3c(-c4cccnc4N)nc4ccc(-c5ccccc5)nc43)cc2)n1. The molecule has 0 saturated heterocycles. The highest BCUT2D eigenvalue weighted by molar-refractivity contribution is 5.84. The van der Waals surface area contributed by atoms with Crippen LogP contribution in [0.3, 0.4) is 0 Å². The summed E-state index contributed by atoms with van der Waals surface area (Å²) in [6, 6.07) is 29.4. The van der Waals surface area contributed by atoms with Crippen molar-refractivity contribution in [3.8, 4) is 34.4 Å². The molecule has 9 nitrogen and oxygen atoms in total. The molecule has 182 valence electrons. The minimum absolute atomic E-state index is 0.314. The van der Waals surface area contributed by atoms with Crippen molar-refractivity contribution in [1.29, 1.82) is 5.26 Å². The molecule has 0 fully saturated rings. The minimum Gasteiger partial charge on any atom is -0.383 e. The summed E-state index contributed by atoms with van der Waals surface area (Å²) < 4.78 is 2.01. The first kappa shape index (κ1) is 22.8. The van der Waals surface area contributed by atoms with Crippen LogP contribution in [-0.2, 0) is 6.54 Å². The highest BCUT2D eigenvalue weighted by atomic mass is 15.1. The van der Waals surface area contributed by atoms with E-state index in [1.54, 1.807) is 18.5 Å². The number of imidazole rings is 1. The standard InChI is InChI=1S/C29H21N9/c30-17-21-14-16-33-29(35-21)34-18-19-8-10-22(11-9-19)38-27(23-7-4-15-32-26(23)31)37-25-13-12-24(36-28(25)38)20-5-2-1-3-6-20/h1-16H,18H2,(H2,31,32)(H,33,34,35). The van der Waals surface area contributed by atoms with Gasteiger partial charge in [-0.3, -0.25) is 4.57 Å². The number of nitriles is 1. The number of nitrogens with one attached hydrogen (secondary N) is 1. The second-order valence-corrected chi connectivity index (χ2v) is 8.51. The Labute approximate surface area is 218 Å². The second-order valence-electron chi connectivity index (χ2n) is 8.51. The lowest BCUT2D eigenvalue weighted by Gasteiger charge is -2.12. The van der Waals surface area contributed by atoms with Crippen LogP contribution in [0.5, 0.6) is 0 Å². The minimum atomic E-state index is 0.314. The van der Waals surface area contributed by atoms with Crippen molar-refractivity contribution in [1.82, 2.24) is 29.5 Å². The lowest BCUT2D eigenvalue weighted by molar-refractivity contribution is 1.04. The fourth-order valence-electron chi connectivity index (χ4n) is 4.21. The number of rotatable bonds is 6. The van der Waals surface area contributed by atoms with Gasteiger partial charge < -0.3 is 11.1 Å². The number of hydrogen-bond acceptors (Lipinski definition) is 8. The second kappa shape index (κ2) is 9.79. The number of anilines is 2. The molecule has 2 aromatic carbocycles. The van der Waals surface area contributed by atoms with Crippen molar-refractivity contribution in [3.05, 3.63) is 109 Å². The zero-order chi connectivity index (χ0) is 25.9. The smallest absolute Gasteiger partial charge is 0.224 e. The number of fused-ring (bicyclic) bond motifs is 1. The molecular formula is C29H21N9. The summed E-state index contributed by atoms with van der Waals surface area (Å²) >= 11 is 0. The van der Waals surface area contributed by atoms with Crippen LogP contribution in [0.4, 0.5) is 11.8 Å². The Morgan fingerprint density at radius 1 is 0.816 bits per heavy atom. The first-order valence-electron chi connectivity index (χ1n) is 11.9.